The summed E-state index contributed by atoms with van der Waals surface area (Å²) in [5.41, 5.74) is 2.25. The van der Waals surface area contributed by atoms with Gasteiger partial charge in [-0.1, -0.05) is 6.07 Å². The fraction of sp³-hybridized carbons (Fsp3) is 0.526. The van der Waals surface area contributed by atoms with Gasteiger partial charge in [-0.2, -0.15) is 0 Å². The number of guanidine groups is 1. The smallest absolute Gasteiger partial charge is 0.191 e. The third kappa shape index (κ3) is 7.63. The summed E-state index contributed by atoms with van der Waals surface area (Å²) in [7, 11) is 5.33. The normalized spacial score (nSPS) is 11.1. The molecule has 2 rings (SSSR count). The molecule has 0 atom stereocenters. The van der Waals surface area contributed by atoms with Crippen molar-refractivity contribution in [3.8, 4) is 5.75 Å². The summed E-state index contributed by atoms with van der Waals surface area (Å²) in [6.07, 6.45) is 0.901. The van der Waals surface area contributed by atoms with Crippen LogP contribution in [-0.2, 0) is 24.9 Å². The van der Waals surface area contributed by atoms with Crippen molar-refractivity contribution in [1.82, 2.24) is 25.4 Å². The Balaban J connectivity index is 0.00000392. The van der Waals surface area contributed by atoms with Gasteiger partial charge in [-0.05, 0) is 43.5 Å². The lowest BCUT2D eigenvalue weighted by atomic mass is 10.1. The lowest BCUT2D eigenvalue weighted by Gasteiger charge is -2.13. The number of rotatable bonds is 9. The van der Waals surface area contributed by atoms with Gasteiger partial charge in [0.05, 0.1) is 20.2 Å². The second-order valence-corrected chi connectivity index (χ2v) is 6.37. The van der Waals surface area contributed by atoms with E-state index in [1.54, 1.807) is 14.2 Å². The molecule has 0 saturated carbocycles. The average Bonchev–Trinajstić information content (AvgIpc) is 2.98. The average molecular weight is 502 g/mol. The highest BCUT2D eigenvalue weighted by molar-refractivity contribution is 14.0. The molecule has 0 saturated heterocycles. The topological polar surface area (TPSA) is 85.6 Å². The summed E-state index contributed by atoms with van der Waals surface area (Å²) in [5.74, 6) is 3.31. The number of hydrogen-bond acceptors (Lipinski definition) is 5. The van der Waals surface area contributed by atoms with Crippen molar-refractivity contribution < 1.29 is 9.47 Å². The second-order valence-electron chi connectivity index (χ2n) is 6.37. The highest BCUT2D eigenvalue weighted by atomic mass is 127. The monoisotopic (exact) mass is 502 g/mol. The molecule has 1 aromatic heterocycles. The first-order valence-corrected chi connectivity index (χ1v) is 9.04. The summed E-state index contributed by atoms with van der Waals surface area (Å²) >= 11 is 0. The number of ether oxygens (including phenoxy) is 2. The number of aromatic nitrogens is 3. The maximum absolute atomic E-state index is 5.34. The van der Waals surface area contributed by atoms with Gasteiger partial charge in [0.1, 0.15) is 11.6 Å². The largest absolute Gasteiger partial charge is 0.497 e. The van der Waals surface area contributed by atoms with Crippen molar-refractivity contribution in [2.75, 3.05) is 27.4 Å². The summed E-state index contributed by atoms with van der Waals surface area (Å²) in [4.78, 5) is 4.70. The molecular formula is C19H31IN6O2. The molecule has 2 N–H and O–H groups in total. The molecule has 8 nitrogen and oxygen atoms in total. The van der Waals surface area contributed by atoms with Gasteiger partial charge in [0, 0.05) is 27.3 Å². The molecule has 0 unspecified atom stereocenters. The van der Waals surface area contributed by atoms with E-state index >= 15 is 0 Å². The van der Waals surface area contributed by atoms with Gasteiger partial charge in [-0.15, -0.1) is 34.2 Å². The molecule has 28 heavy (non-hydrogen) atoms. The van der Waals surface area contributed by atoms with Crippen LogP contribution in [-0.4, -0.2) is 48.1 Å². The lowest BCUT2D eigenvalue weighted by molar-refractivity contribution is 0.195. The number of methoxy groups -OCH3 is 2. The van der Waals surface area contributed by atoms with Gasteiger partial charge in [0.25, 0.3) is 0 Å². The molecule has 0 amide bonds. The van der Waals surface area contributed by atoms with E-state index in [2.05, 4.69) is 26.9 Å². The van der Waals surface area contributed by atoms with Gasteiger partial charge < -0.3 is 24.7 Å². The molecule has 0 spiro atoms. The molecule has 0 bridgehead atoms. The third-order valence-corrected chi connectivity index (χ3v) is 4.18. The second kappa shape index (κ2) is 12.6. The van der Waals surface area contributed by atoms with Gasteiger partial charge in [-0.3, -0.25) is 0 Å². The Labute approximate surface area is 184 Å². The number of aryl methyl sites for hydroxylation is 2. The van der Waals surface area contributed by atoms with Crippen molar-refractivity contribution in [1.29, 1.82) is 0 Å². The Hall–Kier alpha value is -1.88. The molecule has 0 aliphatic rings. The first-order valence-electron chi connectivity index (χ1n) is 9.04. The fourth-order valence-corrected chi connectivity index (χ4v) is 2.57. The Morgan fingerprint density at radius 2 is 1.93 bits per heavy atom. The summed E-state index contributed by atoms with van der Waals surface area (Å²) < 4.78 is 12.4. The maximum atomic E-state index is 5.34. The van der Waals surface area contributed by atoms with Crippen molar-refractivity contribution in [2.45, 2.75) is 33.4 Å². The highest BCUT2D eigenvalue weighted by Crippen LogP contribution is 2.17. The molecule has 1 heterocycles. The third-order valence-electron chi connectivity index (χ3n) is 4.18. The molecule has 1 aromatic carbocycles. The molecule has 0 aliphatic carbocycles. The van der Waals surface area contributed by atoms with E-state index < -0.39 is 0 Å². The summed E-state index contributed by atoms with van der Waals surface area (Å²) in [5, 5.41) is 14.9. The lowest BCUT2D eigenvalue weighted by Crippen LogP contribution is -2.38. The van der Waals surface area contributed by atoms with Crippen LogP contribution in [0.2, 0.25) is 0 Å². The zero-order chi connectivity index (χ0) is 19.6. The number of aliphatic imine (C=N–C) groups is 1. The van der Waals surface area contributed by atoms with E-state index in [9.17, 15) is 0 Å². The van der Waals surface area contributed by atoms with E-state index in [1.165, 1.54) is 0 Å². The fourth-order valence-electron chi connectivity index (χ4n) is 2.57. The van der Waals surface area contributed by atoms with Crippen molar-refractivity contribution in [3.63, 3.8) is 0 Å². The molecule has 0 fully saturated rings. The first-order chi connectivity index (χ1) is 13.0. The molecule has 2 aromatic rings. The maximum Gasteiger partial charge on any atom is 0.191 e. The van der Waals surface area contributed by atoms with Crippen LogP contribution in [0.1, 0.15) is 29.2 Å². The van der Waals surface area contributed by atoms with Gasteiger partial charge in [-0.25, -0.2) is 4.99 Å². The van der Waals surface area contributed by atoms with Gasteiger partial charge >= 0.3 is 0 Å². The van der Waals surface area contributed by atoms with E-state index in [4.69, 9.17) is 14.5 Å². The first kappa shape index (κ1) is 24.2. The Kier molecular flexibility index (Phi) is 10.8. The van der Waals surface area contributed by atoms with Crippen LogP contribution < -0.4 is 15.4 Å². The Morgan fingerprint density at radius 3 is 2.57 bits per heavy atom. The summed E-state index contributed by atoms with van der Waals surface area (Å²) in [6, 6.07) is 6.12. The quantitative estimate of drug-likeness (QED) is 0.237. The van der Waals surface area contributed by atoms with Crippen LogP contribution in [0, 0.1) is 13.8 Å². The minimum absolute atomic E-state index is 0. The van der Waals surface area contributed by atoms with Crippen molar-refractivity contribution in [3.05, 3.63) is 41.0 Å². The van der Waals surface area contributed by atoms with Crippen LogP contribution in [0.25, 0.3) is 0 Å². The van der Waals surface area contributed by atoms with E-state index in [0.717, 1.165) is 47.5 Å². The van der Waals surface area contributed by atoms with Crippen molar-refractivity contribution >= 4 is 29.9 Å². The number of nitrogens with one attached hydrogen (secondary N) is 2. The molecule has 9 heteroatoms. The zero-order valence-corrected chi connectivity index (χ0v) is 19.6. The number of nitrogens with zero attached hydrogens (tertiary/aromatic N) is 4. The Morgan fingerprint density at radius 1 is 1.14 bits per heavy atom. The van der Waals surface area contributed by atoms with Crippen LogP contribution in [0.5, 0.6) is 5.75 Å². The van der Waals surface area contributed by atoms with Crippen LogP contribution in [0.15, 0.2) is 23.2 Å². The Bertz CT molecular complexity index is 763. The van der Waals surface area contributed by atoms with E-state index in [-0.39, 0.29) is 24.0 Å². The van der Waals surface area contributed by atoms with Crippen molar-refractivity contribution in [2.24, 2.45) is 12.0 Å². The van der Waals surface area contributed by atoms with Gasteiger partial charge in [0.15, 0.2) is 11.8 Å². The highest BCUT2D eigenvalue weighted by Gasteiger charge is 2.06. The number of hydrogen-bond donors (Lipinski definition) is 2. The minimum Gasteiger partial charge on any atom is -0.497 e. The number of halogens is 1. The van der Waals surface area contributed by atoms with Crippen LogP contribution in [0.4, 0.5) is 0 Å². The standard InChI is InChI=1S/C19H30N6O2.HI/c1-14-9-16(11-17(10-14)27-5)12-21-19(20-7-6-8-26-4)22-13-18-24-23-15(2)25(18)3;/h9-11H,6-8,12-13H2,1-5H3,(H2,20,21,22);1H. The zero-order valence-electron chi connectivity index (χ0n) is 17.3. The SMILES string of the molecule is COCCCNC(=NCc1cc(C)cc(OC)c1)NCc1nnc(C)n1C.I. The van der Waals surface area contributed by atoms with Crippen LogP contribution in [0.3, 0.4) is 0 Å². The van der Waals surface area contributed by atoms with E-state index in [0.29, 0.717) is 19.7 Å². The predicted molar refractivity (Wildman–Crippen MR) is 121 cm³/mol. The summed E-state index contributed by atoms with van der Waals surface area (Å²) in [6.45, 7) is 6.56. The minimum atomic E-state index is 0. The molecule has 0 aliphatic heterocycles. The molecule has 0 radical (unpaired) electrons. The number of benzene rings is 1. The van der Waals surface area contributed by atoms with E-state index in [1.807, 2.05) is 37.6 Å². The molecular weight excluding hydrogens is 471 g/mol. The predicted octanol–water partition coefficient (Wildman–Crippen LogP) is 2.33. The van der Waals surface area contributed by atoms with Crippen LogP contribution >= 0.6 is 24.0 Å². The van der Waals surface area contributed by atoms with Gasteiger partial charge in [0.2, 0.25) is 0 Å². The molecule has 156 valence electrons.